The van der Waals surface area contributed by atoms with Crippen molar-refractivity contribution in [1.82, 2.24) is 9.47 Å². The van der Waals surface area contributed by atoms with E-state index in [2.05, 4.69) is 4.90 Å². The number of aryl methyl sites for hydroxylation is 1. The lowest BCUT2D eigenvalue weighted by molar-refractivity contribution is -0.108. The normalized spacial score (nSPS) is 27.4. The predicted molar refractivity (Wildman–Crippen MR) is 79.4 cm³/mol. The third-order valence-electron chi connectivity index (χ3n) is 4.57. The van der Waals surface area contributed by atoms with E-state index in [4.69, 9.17) is 0 Å². The van der Waals surface area contributed by atoms with Crippen molar-refractivity contribution in [2.75, 3.05) is 13.1 Å². The highest BCUT2D eigenvalue weighted by Gasteiger charge is 2.36. The topological polar surface area (TPSA) is 48.6 Å². The largest absolute Gasteiger partial charge is 0.389 e. The van der Waals surface area contributed by atoms with Crippen molar-refractivity contribution in [3.63, 3.8) is 0 Å². The van der Waals surface area contributed by atoms with Crippen LogP contribution in [-0.4, -0.2) is 44.5 Å². The molecular weight excluding hydrogens is 271 g/mol. The first-order valence-corrected chi connectivity index (χ1v) is 7.23. The first kappa shape index (κ1) is 14.5. The van der Waals surface area contributed by atoms with Crippen molar-refractivity contribution < 1.29 is 14.6 Å². The molecule has 0 saturated carbocycles. The Kier molecular flexibility index (Phi) is 3.51. The molecule has 2 aromatic rings. The number of hydrogen-bond donors (Lipinski definition) is 2. The van der Waals surface area contributed by atoms with Crippen molar-refractivity contribution in [3.8, 4) is 0 Å². The Balaban J connectivity index is 1.81. The molecule has 2 heterocycles. The third kappa shape index (κ3) is 2.69. The van der Waals surface area contributed by atoms with Gasteiger partial charge in [-0.1, -0.05) is 0 Å². The summed E-state index contributed by atoms with van der Waals surface area (Å²) < 4.78 is 15.3. The number of likely N-dealkylation sites (tertiary alicyclic amines) is 1. The number of β-amino-alcohol motifs (C(OH)–C–C–N with tert-alkyl or cyclic N) is 1. The maximum atomic E-state index is 13.3. The second-order valence-corrected chi connectivity index (χ2v) is 6.26. The van der Waals surface area contributed by atoms with Gasteiger partial charge in [0.2, 0.25) is 0 Å². The van der Waals surface area contributed by atoms with Crippen LogP contribution in [0.15, 0.2) is 24.3 Å². The highest BCUT2D eigenvalue weighted by molar-refractivity contribution is 5.81. The zero-order valence-electron chi connectivity index (χ0n) is 12.4. The van der Waals surface area contributed by atoms with Gasteiger partial charge in [0.15, 0.2) is 0 Å². The van der Waals surface area contributed by atoms with E-state index in [1.54, 1.807) is 13.0 Å². The molecule has 0 bridgehead atoms. The summed E-state index contributed by atoms with van der Waals surface area (Å²) in [5.41, 5.74) is 1.07. The molecule has 0 unspecified atom stereocenters. The molecule has 4 nitrogen and oxygen atoms in total. The summed E-state index contributed by atoms with van der Waals surface area (Å²) in [6.07, 6.45) is -0.189. The van der Waals surface area contributed by atoms with Crippen LogP contribution in [0.4, 0.5) is 4.39 Å². The number of rotatable bonds is 2. The minimum absolute atomic E-state index is 0.232. The molecule has 1 aromatic heterocycles. The first-order valence-electron chi connectivity index (χ1n) is 7.23. The van der Waals surface area contributed by atoms with Crippen LogP contribution in [0, 0.1) is 5.82 Å². The Morgan fingerprint density at radius 3 is 2.86 bits per heavy atom. The number of hydrogen-bond acceptors (Lipinski definition) is 3. The molecule has 1 aromatic carbocycles. The highest BCUT2D eigenvalue weighted by atomic mass is 19.1. The van der Waals surface area contributed by atoms with Crippen molar-refractivity contribution in [2.45, 2.75) is 31.6 Å². The smallest absolute Gasteiger partial charge is 0.123 e. The van der Waals surface area contributed by atoms with Gasteiger partial charge in [-0.3, -0.25) is 4.90 Å². The van der Waals surface area contributed by atoms with Gasteiger partial charge >= 0.3 is 0 Å². The van der Waals surface area contributed by atoms with E-state index >= 15 is 0 Å². The number of benzene rings is 1. The Hall–Kier alpha value is -1.43. The minimum atomic E-state index is -1.00. The maximum absolute atomic E-state index is 13.3. The number of aliphatic hydroxyl groups excluding tert-OH is 1. The Bertz CT molecular complexity index is 666. The minimum Gasteiger partial charge on any atom is -0.389 e. The lowest BCUT2D eigenvalue weighted by Gasteiger charge is -2.39. The van der Waals surface area contributed by atoms with Crippen molar-refractivity contribution in [1.29, 1.82) is 0 Å². The fourth-order valence-electron chi connectivity index (χ4n) is 2.99. The SMILES string of the molecule is Cn1c(CN2CC[C@](C)(O)[C@@H](O)C2)cc2cc(F)ccc21. The molecule has 1 aliphatic rings. The molecule has 5 heteroatoms. The molecule has 1 fully saturated rings. The average molecular weight is 292 g/mol. The molecule has 0 spiro atoms. The zero-order valence-corrected chi connectivity index (χ0v) is 12.4. The Labute approximate surface area is 123 Å². The van der Waals surface area contributed by atoms with Crippen LogP contribution in [0.25, 0.3) is 10.9 Å². The van der Waals surface area contributed by atoms with Gasteiger partial charge in [-0.05, 0) is 37.6 Å². The number of piperidine rings is 1. The van der Waals surface area contributed by atoms with Crippen LogP contribution in [-0.2, 0) is 13.6 Å². The lowest BCUT2D eigenvalue weighted by atomic mass is 9.91. The van der Waals surface area contributed by atoms with Crippen LogP contribution in [0.3, 0.4) is 0 Å². The number of aliphatic hydroxyl groups is 2. The van der Waals surface area contributed by atoms with Crippen LogP contribution < -0.4 is 0 Å². The second kappa shape index (κ2) is 5.09. The lowest BCUT2D eigenvalue weighted by Crippen LogP contribution is -2.53. The molecule has 114 valence electrons. The van der Waals surface area contributed by atoms with E-state index in [-0.39, 0.29) is 5.82 Å². The van der Waals surface area contributed by atoms with Gasteiger partial charge < -0.3 is 14.8 Å². The maximum Gasteiger partial charge on any atom is 0.123 e. The quantitative estimate of drug-likeness (QED) is 0.884. The Morgan fingerprint density at radius 2 is 2.14 bits per heavy atom. The fraction of sp³-hybridized carbons (Fsp3) is 0.500. The predicted octanol–water partition coefficient (Wildman–Crippen LogP) is 1.63. The molecule has 0 aliphatic carbocycles. The van der Waals surface area contributed by atoms with Crippen LogP contribution >= 0.6 is 0 Å². The number of halogens is 1. The van der Waals surface area contributed by atoms with E-state index in [9.17, 15) is 14.6 Å². The van der Waals surface area contributed by atoms with E-state index < -0.39 is 11.7 Å². The molecule has 21 heavy (non-hydrogen) atoms. The molecular formula is C16H21FN2O2. The van der Waals surface area contributed by atoms with E-state index in [0.29, 0.717) is 19.5 Å². The summed E-state index contributed by atoms with van der Waals surface area (Å²) in [5, 5.41) is 20.9. The number of aromatic nitrogens is 1. The molecule has 1 aliphatic heterocycles. The second-order valence-electron chi connectivity index (χ2n) is 6.26. The van der Waals surface area contributed by atoms with E-state index in [0.717, 1.165) is 23.1 Å². The number of nitrogens with zero attached hydrogens (tertiary/aromatic N) is 2. The third-order valence-corrected chi connectivity index (χ3v) is 4.57. The fourth-order valence-corrected chi connectivity index (χ4v) is 2.99. The van der Waals surface area contributed by atoms with Crippen LogP contribution in [0.2, 0.25) is 0 Å². The summed E-state index contributed by atoms with van der Waals surface area (Å²) in [4.78, 5) is 2.12. The van der Waals surface area contributed by atoms with Gasteiger partial charge in [0.1, 0.15) is 5.82 Å². The van der Waals surface area contributed by atoms with Gasteiger partial charge in [0.25, 0.3) is 0 Å². The first-order chi connectivity index (χ1) is 9.87. The molecule has 2 atom stereocenters. The number of fused-ring (bicyclic) bond motifs is 1. The molecule has 1 saturated heterocycles. The monoisotopic (exact) mass is 292 g/mol. The van der Waals surface area contributed by atoms with Crippen molar-refractivity contribution >= 4 is 10.9 Å². The van der Waals surface area contributed by atoms with Crippen molar-refractivity contribution in [3.05, 3.63) is 35.8 Å². The van der Waals surface area contributed by atoms with Gasteiger partial charge in [0.05, 0.1) is 11.7 Å². The van der Waals surface area contributed by atoms with Crippen LogP contribution in [0.5, 0.6) is 0 Å². The van der Waals surface area contributed by atoms with Gasteiger partial charge in [-0.15, -0.1) is 0 Å². The standard InChI is InChI=1S/C16H21FN2O2/c1-16(21)5-6-19(10-15(16)20)9-13-8-11-7-12(17)3-4-14(11)18(13)2/h3-4,7-8,15,20-21H,5-6,9-10H2,1-2H3/t15-,16-/m0/s1. The van der Waals surface area contributed by atoms with Crippen LogP contribution in [0.1, 0.15) is 19.0 Å². The summed E-state index contributed by atoms with van der Waals surface area (Å²) >= 11 is 0. The average Bonchev–Trinajstić information content (AvgIpc) is 2.71. The molecule has 2 N–H and O–H groups in total. The van der Waals surface area contributed by atoms with Gasteiger partial charge in [-0.25, -0.2) is 4.39 Å². The van der Waals surface area contributed by atoms with Crippen molar-refractivity contribution in [2.24, 2.45) is 7.05 Å². The molecule has 0 amide bonds. The van der Waals surface area contributed by atoms with Gasteiger partial charge in [-0.2, -0.15) is 0 Å². The summed E-state index contributed by atoms with van der Waals surface area (Å²) in [7, 11) is 1.96. The van der Waals surface area contributed by atoms with E-state index in [1.165, 1.54) is 12.1 Å². The summed E-state index contributed by atoms with van der Waals surface area (Å²) in [5.74, 6) is -0.232. The molecule has 0 radical (unpaired) electrons. The highest BCUT2D eigenvalue weighted by Crippen LogP contribution is 2.25. The van der Waals surface area contributed by atoms with Gasteiger partial charge in [0, 0.05) is 43.3 Å². The summed E-state index contributed by atoms with van der Waals surface area (Å²) in [6.45, 7) is 3.54. The Morgan fingerprint density at radius 1 is 1.38 bits per heavy atom. The van der Waals surface area contributed by atoms with E-state index in [1.807, 2.05) is 17.7 Å². The molecule has 3 rings (SSSR count). The summed E-state index contributed by atoms with van der Waals surface area (Å²) in [6, 6.07) is 6.77. The zero-order chi connectivity index (χ0) is 15.2.